The Morgan fingerprint density at radius 3 is 2.55 bits per heavy atom. The van der Waals surface area contributed by atoms with E-state index in [4.69, 9.17) is 11.6 Å². The summed E-state index contributed by atoms with van der Waals surface area (Å²) < 4.78 is 13.4. The quantitative estimate of drug-likeness (QED) is 0.618. The van der Waals surface area contributed by atoms with E-state index in [2.05, 4.69) is 5.32 Å². The van der Waals surface area contributed by atoms with Crippen LogP contribution in [0.4, 0.5) is 5.69 Å². The predicted octanol–water partition coefficient (Wildman–Crippen LogP) is 4.81. The zero-order valence-electron chi connectivity index (χ0n) is 17.1. The van der Waals surface area contributed by atoms with E-state index < -0.39 is 10.8 Å². The molecule has 0 bridgehead atoms. The lowest BCUT2D eigenvalue weighted by Crippen LogP contribution is -2.32. The first kappa shape index (κ1) is 21.3. The van der Waals surface area contributed by atoms with Crippen LogP contribution in [0.2, 0.25) is 5.02 Å². The smallest absolute Gasteiger partial charge is 0.259 e. The van der Waals surface area contributed by atoms with E-state index in [0.717, 1.165) is 5.56 Å². The zero-order valence-corrected chi connectivity index (χ0v) is 18.7. The van der Waals surface area contributed by atoms with Gasteiger partial charge in [0.05, 0.1) is 38.4 Å². The van der Waals surface area contributed by atoms with Crippen molar-refractivity contribution >= 4 is 39.9 Å². The minimum atomic E-state index is -1.56. The minimum Gasteiger partial charge on any atom is -0.350 e. The maximum absolute atomic E-state index is 13.6. The van der Waals surface area contributed by atoms with Gasteiger partial charge in [0.1, 0.15) is 0 Å². The highest BCUT2D eigenvalue weighted by Crippen LogP contribution is 2.36. The molecule has 0 fully saturated rings. The first-order valence-electron chi connectivity index (χ1n) is 9.87. The first-order chi connectivity index (χ1) is 14.8. The van der Waals surface area contributed by atoms with Crippen molar-refractivity contribution in [2.45, 2.75) is 36.2 Å². The molecule has 0 saturated carbocycles. The monoisotopic (exact) mass is 452 g/mol. The average molecular weight is 453 g/mol. The van der Waals surface area contributed by atoms with Crippen LogP contribution in [-0.4, -0.2) is 22.1 Å². The fraction of sp³-hybridized carbons (Fsp3) is 0.167. The fourth-order valence-electron chi connectivity index (χ4n) is 3.52. The minimum absolute atomic E-state index is 0.0334. The number of fused-ring (bicyclic) bond motifs is 2. The Labute approximate surface area is 188 Å². The van der Waals surface area contributed by atoms with Crippen molar-refractivity contribution in [3.63, 3.8) is 0 Å². The van der Waals surface area contributed by atoms with Gasteiger partial charge in [0.25, 0.3) is 11.8 Å². The molecule has 0 radical (unpaired) electrons. The molecule has 1 heterocycles. The number of carbonyl (C=O) groups is 2. The topological polar surface area (TPSA) is 66.5 Å². The van der Waals surface area contributed by atoms with E-state index >= 15 is 0 Å². The second kappa shape index (κ2) is 8.65. The summed E-state index contributed by atoms with van der Waals surface area (Å²) in [6.07, 6.45) is 0. The van der Waals surface area contributed by atoms with Crippen molar-refractivity contribution in [2.75, 3.05) is 4.90 Å². The highest BCUT2D eigenvalue weighted by atomic mass is 35.5. The summed E-state index contributed by atoms with van der Waals surface area (Å²) in [5.74, 6) is -0.524. The van der Waals surface area contributed by atoms with Gasteiger partial charge in [-0.3, -0.25) is 9.59 Å². The maximum Gasteiger partial charge on any atom is 0.259 e. The second-order valence-corrected chi connectivity index (χ2v) is 9.45. The summed E-state index contributed by atoms with van der Waals surface area (Å²) in [6.45, 7) is 3.98. The van der Waals surface area contributed by atoms with Crippen molar-refractivity contribution in [1.82, 2.24) is 5.32 Å². The molecule has 1 N–H and O–H groups in total. The molecule has 0 aromatic heterocycles. The molecule has 2 amide bonds. The van der Waals surface area contributed by atoms with Gasteiger partial charge in [-0.05, 0) is 61.9 Å². The van der Waals surface area contributed by atoms with Crippen LogP contribution in [0.25, 0.3) is 0 Å². The molecule has 4 rings (SSSR count). The lowest BCUT2D eigenvalue weighted by molar-refractivity contribution is 0.0940. The van der Waals surface area contributed by atoms with E-state index in [9.17, 15) is 13.8 Å². The SMILES string of the molecule is CC(C)NC(=O)c1ccc2c(c1)N(Cc1cccc(Cl)c1)C(=O)c1ccccc1[S@@]2=O. The van der Waals surface area contributed by atoms with Gasteiger partial charge in [-0.2, -0.15) is 0 Å². The van der Waals surface area contributed by atoms with Crippen molar-refractivity contribution in [1.29, 1.82) is 0 Å². The van der Waals surface area contributed by atoms with E-state index in [1.165, 1.54) is 0 Å². The average Bonchev–Trinajstić information content (AvgIpc) is 2.83. The summed E-state index contributed by atoms with van der Waals surface area (Å²) >= 11 is 6.15. The second-order valence-electron chi connectivity index (χ2n) is 7.60. The number of halogens is 1. The molecule has 0 unspecified atom stereocenters. The van der Waals surface area contributed by atoms with Crippen LogP contribution in [0.1, 0.15) is 40.1 Å². The largest absolute Gasteiger partial charge is 0.350 e. The van der Waals surface area contributed by atoms with Crippen molar-refractivity contribution in [2.24, 2.45) is 0 Å². The molecule has 0 aliphatic carbocycles. The number of nitrogens with zero attached hydrogens (tertiary/aromatic N) is 1. The summed E-state index contributed by atoms with van der Waals surface area (Å²) in [5, 5.41) is 3.42. The highest BCUT2D eigenvalue weighted by molar-refractivity contribution is 7.85. The van der Waals surface area contributed by atoms with Crippen LogP contribution >= 0.6 is 11.6 Å². The number of benzene rings is 3. The number of amides is 2. The van der Waals surface area contributed by atoms with Gasteiger partial charge in [-0.15, -0.1) is 0 Å². The number of anilines is 1. The van der Waals surface area contributed by atoms with E-state index in [0.29, 0.717) is 31.6 Å². The Kier molecular flexibility index (Phi) is 5.94. The van der Waals surface area contributed by atoms with Crippen LogP contribution in [0.3, 0.4) is 0 Å². The molecule has 1 aliphatic rings. The number of carbonyl (C=O) groups excluding carboxylic acids is 2. The third-order valence-corrected chi connectivity index (χ3v) is 6.66. The maximum atomic E-state index is 13.6. The molecule has 158 valence electrons. The van der Waals surface area contributed by atoms with E-state index in [1.54, 1.807) is 59.5 Å². The Hall–Kier alpha value is -2.96. The number of hydrogen-bond acceptors (Lipinski definition) is 3. The molecular formula is C24H21ClN2O3S. The van der Waals surface area contributed by atoms with Crippen molar-refractivity contribution in [3.8, 4) is 0 Å². The molecule has 3 aromatic rings. The van der Waals surface area contributed by atoms with Gasteiger partial charge in [0.15, 0.2) is 0 Å². The Morgan fingerprint density at radius 1 is 1.03 bits per heavy atom. The van der Waals surface area contributed by atoms with Crippen LogP contribution in [0.5, 0.6) is 0 Å². The van der Waals surface area contributed by atoms with Crippen LogP contribution in [0.15, 0.2) is 76.5 Å². The Balaban J connectivity index is 1.88. The molecule has 7 heteroatoms. The third kappa shape index (κ3) is 4.27. The standard InChI is InChI=1S/C24H21ClN2O3S/c1-15(2)26-23(28)17-10-11-22-20(13-17)27(14-16-6-5-7-18(25)12-16)24(29)19-8-3-4-9-21(19)31(22)30/h3-13,15H,14H2,1-2H3,(H,26,28)/t31-/m0/s1. The van der Waals surface area contributed by atoms with E-state index in [-0.39, 0.29) is 24.4 Å². The summed E-state index contributed by atoms with van der Waals surface area (Å²) in [5.41, 5.74) is 2.07. The number of hydrogen-bond donors (Lipinski definition) is 1. The van der Waals surface area contributed by atoms with Crippen LogP contribution in [0, 0.1) is 0 Å². The zero-order chi connectivity index (χ0) is 22.1. The predicted molar refractivity (Wildman–Crippen MR) is 122 cm³/mol. The van der Waals surface area contributed by atoms with Crippen LogP contribution < -0.4 is 10.2 Å². The van der Waals surface area contributed by atoms with Gasteiger partial charge >= 0.3 is 0 Å². The summed E-state index contributed by atoms with van der Waals surface area (Å²) in [6, 6.07) is 19.1. The first-order valence-corrected chi connectivity index (χ1v) is 11.4. The molecule has 0 saturated heterocycles. The highest BCUT2D eigenvalue weighted by Gasteiger charge is 2.31. The molecular weight excluding hydrogens is 432 g/mol. The lowest BCUT2D eigenvalue weighted by Gasteiger charge is -2.24. The van der Waals surface area contributed by atoms with Gasteiger partial charge in [-0.25, -0.2) is 4.21 Å². The van der Waals surface area contributed by atoms with Crippen molar-refractivity contribution in [3.05, 3.63) is 88.4 Å². The molecule has 1 aliphatic heterocycles. The fourth-order valence-corrected chi connectivity index (χ4v) is 5.08. The van der Waals surface area contributed by atoms with Crippen molar-refractivity contribution < 1.29 is 13.8 Å². The number of nitrogens with one attached hydrogen (secondary N) is 1. The van der Waals surface area contributed by atoms with Gasteiger partial charge in [0.2, 0.25) is 0 Å². The number of rotatable bonds is 4. The lowest BCUT2D eigenvalue weighted by atomic mass is 10.1. The molecule has 5 nitrogen and oxygen atoms in total. The summed E-state index contributed by atoms with van der Waals surface area (Å²) in [7, 11) is -1.56. The molecule has 31 heavy (non-hydrogen) atoms. The summed E-state index contributed by atoms with van der Waals surface area (Å²) in [4.78, 5) is 28.7. The molecule has 3 aromatic carbocycles. The third-order valence-electron chi connectivity index (χ3n) is 4.92. The van der Waals surface area contributed by atoms with Gasteiger partial charge in [-0.1, -0.05) is 35.9 Å². The van der Waals surface area contributed by atoms with Crippen LogP contribution in [-0.2, 0) is 17.3 Å². The Bertz CT molecular complexity index is 1210. The van der Waals surface area contributed by atoms with Gasteiger partial charge in [0, 0.05) is 16.6 Å². The molecule has 1 atom stereocenters. The molecule has 0 spiro atoms. The van der Waals surface area contributed by atoms with Gasteiger partial charge < -0.3 is 10.2 Å². The van der Waals surface area contributed by atoms with E-state index in [1.807, 2.05) is 26.0 Å². The Morgan fingerprint density at radius 2 is 1.81 bits per heavy atom. The normalized spacial score (nSPS) is 15.3.